The van der Waals surface area contributed by atoms with Crippen LogP contribution in [0.5, 0.6) is 0 Å². The molecule has 0 radical (unpaired) electrons. The highest BCUT2D eigenvalue weighted by molar-refractivity contribution is 5.95. The van der Waals surface area contributed by atoms with Crippen molar-refractivity contribution < 1.29 is 23.8 Å². The zero-order valence-electron chi connectivity index (χ0n) is 12.1. The fraction of sp³-hybridized carbons (Fsp3) is 0.467. The summed E-state index contributed by atoms with van der Waals surface area (Å²) in [4.78, 5) is 25.1. The Balaban J connectivity index is 2.18. The second-order valence-corrected chi connectivity index (χ2v) is 5.58. The number of carboxylic acids is 1. The molecule has 1 amide bonds. The highest BCUT2D eigenvalue weighted by Crippen LogP contribution is 2.31. The Kier molecular flexibility index (Phi) is 4.27. The van der Waals surface area contributed by atoms with E-state index in [0.29, 0.717) is 24.1 Å². The van der Waals surface area contributed by atoms with Gasteiger partial charge in [0.2, 0.25) is 0 Å². The molecule has 1 aliphatic heterocycles. The fourth-order valence-electron chi connectivity index (χ4n) is 2.47. The Morgan fingerprint density at radius 1 is 1.48 bits per heavy atom. The van der Waals surface area contributed by atoms with Crippen LogP contribution in [0.25, 0.3) is 0 Å². The highest BCUT2D eigenvalue weighted by Gasteiger charge is 2.42. The van der Waals surface area contributed by atoms with Gasteiger partial charge in [0, 0.05) is 31.3 Å². The summed E-state index contributed by atoms with van der Waals surface area (Å²) in [6, 6.07) is 4.10. The summed E-state index contributed by atoms with van der Waals surface area (Å²) in [6.45, 7) is 2.26. The molecule has 0 aromatic heterocycles. The summed E-state index contributed by atoms with van der Waals surface area (Å²) in [7, 11) is 1.45. The topological polar surface area (TPSA) is 66.8 Å². The SMILES string of the molecule is COCc1cc(C(=O)N2CC[C@@](C)(C(=O)O)C2)ccc1F. The number of likely N-dealkylation sites (tertiary alicyclic amines) is 1. The number of amides is 1. The summed E-state index contributed by atoms with van der Waals surface area (Å²) < 4.78 is 18.4. The number of ether oxygens (including phenoxy) is 1. The molecule has 5 nitrogen and oxygen atoms in total. The van der Waals surface area contributed by atoms with Crippen LogP contribution < -0.4 is 0 Å². The van der Waals surface area contributed by atoms with Gasteiger partial charge in [-0.3, -0.25) is 9.59 Å². The Bertz CT molecular complexity index is 575. The van der Waals surface area contributed by atoms with Crippen LogP contribution in [0.4, 0.5) is 4.39 Å². The van der Waals surface area contributed by atoms with Crippen molar-refractivity contribution in [3.05, 3.63) is 35.1 Å². The van der Waals surface area contributed by atoms with E-state index in [1.807, 2.05) is 0 Å². The van der Waals surface area contributed by atoms with Gasteiger partial charge in [0.05, 0.1) is 12.0 Å². The van der Waals surface area contributed by atoms with Crippen LogP contribution in [-0.4, -0.2) is 42.1 Å². The Labute approximate surface area is 122 Å². The molecule has 1 aromatic carbocycles. The third-order valence-corrected chi connectivity index (χ3v) is 3.87. The Morgan fingerprint density at radius 3 is 2.76 bits per heavy atom. The number of carbonyl (C=O) groups excluding carboxylic acids is 1. The maximum absolute atomic E-state index is 13.5. The molecule has 1 N–H and O–H groups in total. The van der Waals surface area contributed by atoms with E-state index in [0.717, 1.165) is 0 Å². The number of rotatable bonds is 4. The average Bonchev–Trinajstić information content (AvgIpc) is 2.85. The van der Waals surface area contributed by atoms with Crippen molar-refractivity contribution in [2.75, 3.05) is 20.2 Å². The van der Waals surface area contributed by atoms with Gasteiger partial charge in [0.1, 0.15) is 5.82 Å². The molecule has 6 heteroatoms. The first-order chi connectivity index (χ1) is 9.87. The molecule has 0 aliphatic carbocycles. The second kappa shape index (κ2) is 5.81. The molecule has 2 rings (SSSR count). The van der Waals surface area contributed by atoms with Crippen LogP contribution in [0.2, 0.25) is 0 Å². The molecule has 0 unspecified atom stereocenters. The van der Waals surface area contributed by atoms with Crippen LogP contribution in [0.3, 0.4) is 0 Å². The van der Waals surface area contributed by atoms with Gasteiger partial charge in [0.15, 0.2) is 0 Å². The number of halogens is 1. The van der Waals surface area contributed by atoms with E-state index in [4.69, 9.17) is 4.74 Å². The van der Waals surface area contributed by atoms with Gasteiger partial charge in [-0.1, -0.05) is 0 Å². The van der Waals surface area contributed by atoms with Crippen molar-refractivity contribution in [1.82, 2.24) is 4.90 Å². The molecule has 1 aromatic rings. The predicted octanol–water partition coefficient (Wildman–Crippen LogP) is 1.91. The zero-order chi connectivity index (χ0) is 15.6. The van der Waals surface area contributed by atoms with E-state index in [9.17, 15) is 19.1 Å². The molecular formula is C15H18FNO4. The van der Waals surface area contributed by atoms with E-state index in [1.54, 1.807) is 6.92 Å². The minimum Gasteiger partial charge on any atom is -0.481 e. The van der Waals surface area contributed by atoms with Crippen LogP contribution >= 0.6 is 0 Å². The zero-order valence-corrected chi connectivity index (χ0v) is 12.1. The quantitative estimate of drug-likeness (QED) is 0.921. The molecule has 0 spiro atoms. The molecule has 1 heterocycles. The Hall–Kier alpha value is -1.95. The summed E-state index contributed by atoms with van der Waals surface area (Å²) in [5.74, 6) is -1.61. The lowest BCUT2D eigenvalue weighted by Crippen LogP contribution is -2.34. The van der Waals surface area contributed by atoms with Crippen molar-refractivity contribution in [3.63, 3.8) is 0 Å². The molecule has 1 saturated heterocycles. The molecule has 0 saturated carbocycles. The maximum Gasteiger partial charge on any atom is 0.311 e. The number of methoxy groups -OCH3 is 1. The Morgan fingerprint density at radius 2 is 2.19 bits per heavy atom. The lowest BCUT2D eigenvalue weighted by atomic mass is 9.90. The fourth-order valence-corrected chi connectivity index (χ4v) is 2.47. The van der Waals surface area contributed by atoms with Gasteiger partial charge < -0.3 is 14.7 Å². The number of carboxylic acid groups (broad SMARTS) is 1. The van der Waals surface area contributed by atoms with E-state index in [1.165, 1.54) is 30.2 Å². The van der Waals surface area contributed by atoms with Crippen molar-refractivity contribution in [2.45, 2.75) is 20.0 Å². The minimum absolute atomic E-state index is 0.0831. The first-order valence-electron chi connectivity index (χ1n) is 6.67. The molecule has 21 heavy (non-hydrogen) atoms. The van der Waals surface area contributed by atoms with E-state index < -0.39 is 17.2 Å². The molecule has 1 fully saturated rings. The van der Waals surface area contributed by atoms with Crippen LogP contribution in [0, 0.1) is 11.2 Å². The summed E-state index contributed by atoms with van der Waals surface area (Å²) in [5.41, 5.74) is -0.257. The molecule has 114 valence electrons. The number of hydrogen-bond acceptors (Lipinski definition) is 3. The third-order valence-electron chi connectivity index (χ3n) is 3.87. The lowest BCUT2D eigenvalue weighted by molar-refractivity contribution is -0.147. The van der Waals surface area contributed by atoms with Gasteiger partial charge in [-0.05, 0) is 31.5 Å². The van der Waals surface area contributed by atoms with Crippen LogP contribution in [0.15, 0.2) is 18.2 Å². The van der Waals surface area contributed by atoms with Crippen LogP contribution in [-0.2, 0) is 16.1 Å². The smallest absolute Gasteiger partial charge is 0.311 e. The number of hydrogen-bond donors (Lipinski definition) is 1. The molecule has 1 aliphatic rings. The maximum atomic E-state index is 13.5. The second-order valence-electron chi connectivity index (χ2n) is 5.58. The van der Waals surface area contributed by atoms with E-state index in [2.05, 4.69) is 0 Å². The van der Waals surface area contributed by atoms with Gasteiger partial charge in [0.25, 0.3) is 5.91 Å². The minimum atomic E-state index is -0.912. The van der Waals surface area contributed by atoms with E-state index in [-0.39, 0.29) is 19.1 Å². The van der Waals surface area contributed by atoms with Gasteiger partial charge in [-0.25, -0.2) is 4.39 Å². The van der Waals surface area contributed by atoms with Gasteiger partial charge in [-0.15, -0.1) is 0 Å². The number of nitrogens with zero attached hydrogens (tertiary/aromatic N) is 1. The summed E-state index contributed by atoms with van der Waals surface area (Å²) >= 11 is 0. The lowest BCUT2D eigenvalue weighted by Gasteiger charge is -2.20. The normalized spacial score (nSPS) is 21.6. The molecule has 1 atom stereocenters. The third kappa shape index (κ3) is 3.05. The number of aliphatic carboxylic acids is 1. The monoisotopic (exact) mass is 295 g/mol. The van der Waals surface area contributed by atoms with Crippen molar-refractivity contribution in [3.8, 4) is 0 Å². The standard InChI is InChI=1S/C15H18FNO4/c1-15(14(19)20)5-6-17(9-15)13(18)10-3-4-12(16)11(7-10)8-21-2/h3-4,7H,5-6,8-9H2,1-2H3,(H,19,20)/t15-/m1/s1. The molecule has 0 bridgehead atoms. The molecular weight excluding hydrogens is 277 g/mol. The first kappa shape index (κ1) is 15.4. The van der Waals surface area contributed by atoms with Crippen molar-refractivity contribution >= 4 is 11.9 Å². The summed E-state index contributed by atoms with van der Waals surface area (Å²) in [5, 5.41) is 9.19. The first-order valence-corrected chi connectivity index (χ1v) is 6.67. The average molecular weight is 295 g/mol. The van der Waals surface area contributed by atoms with E-state index >= 15 is 0 Å². The van der Waals surface area contributed by atoms with Crippen molar-refractivity contribution in [2.24, 2.45) is 5.41 Å². The van der Waals surface area contributed by atoms with Gasteiger partial charge >= 0.3 is 5.97 Å². The number of benzene rings is 1. The number of carbonyl (C=O) groups is 2. The van der Waals surface area contributed by atoms with Crippen molar-refractivity contribution in [1.29, 1.82) is 0 Å². The van der Waals surface area contributed by atoms with Crippen LogP contribution in [0.1, 0.15) is 29.3 Å². The highest BCUT2D eigenvalue weighted by atomic mass is 19.1. The van der Waals surface area contributed by atoms with Gasteiger partial charge in [-0.2, -0.15) is 0 Å². The predicted molar refractivity (Wildman–Crippen MR) is 73.4 cm³/mol. The summed E-state index contributed by atoms with van der Waals surface area (Å²) in [6.07, 6.45) is 0.417. The largest absolute Gasteiger partial charge is 0.481 e.